The molecule has 3 aromatic rings. The molecule has 0 bridgehead atoms. The number of sulfonamides is 1. The summed E-state index contributed by atoms with van der Waals surface area (Å²) in [5.74, 6) is 0.729. The van der Waals surface area contributed by atoms with Gasteiger partial charge in [0.25, 0.3) is 0 Å². The fourth-order valence-corrected chi connectivity index (χ4v) is 4.86. The first-order valence-electron chi connectivity index (χ1n) is 10.3. The molecule has 1 N–H and O–H groups in total. The lowest BCUT2D eigenvalue weighted by Crippen LogP contribution is -2.30. The molecule has 0 aliphatic carbocycles. The van der Waals surface area contributed by atoms with Gasteiger partial charge in [0.2, 0.25) is 15.9 Å². The van der Waals surface area contributed by atoms with Gasteiger partial charge in [-0.25, -0.2) is 13.4 Å². The standard InChI is InChI=1S/C23H28N4O3S/c1-4-27(5-2)31(29,30)21-12-9-18(10-13-21)11-14-22(28)25-20-8-6-7-19(17-20)23-24-15-16-26(23)3/h6-10,12-13,15-17H,4-5,11,14H2,1-3H3,(H,25,28). The molecule has 0 aliphatic heterocycles. The number of amides is 1. The summed E-state index contributed by atoms with van der Waals surface area (Å²) in [6, 6.07) is 14.3. The summed E-state index contributed by atoms with van der Waals surface area (Å²) in [7, 11) is -1.55. The van der Waals surface area contributed by atoms with Crippen LogP contribution in [0.15, 0.2) is 65.8 Å². The minimum Gasteiger partial charge on any atom is -0.334 e. The highest BCUT2D eigenvalue weighted by Crippen LogP contribution is 2.21. The van der Waals surface area contributed by atoms with E-state index in [1.165, 1.54) is 4.31 Å². The van der Waals surface area contributed by atoms with E-state index in [1.807, 2.05) is 55.9 Å². The van der Waals surface area contributed by atoms with Crippen molar-refractivity contribution in [2.24, 2.45) is 7.05 Å². The van der Waals surface area contributed by atoms with Crippen LogP contribution in [0.5, 0.6) is 0 Å². The molecular weight excluding hydrogens is 412 g/mol. The second kappa shape index (κ2) is 9.89. The number of anilines is 1. The van der Waals surface area contributed by atoms with Crippen molar-refractivity contribution in [1.29, 1.82) is 0 Å². The average molecular weight is 441 g/mol. The van der Waals surface area contributed by atoms with Crippen LogP contribution in [0.3, 0.4) is 0 Å². The molecule has 0 radical (unpaired) electrons. The van der Waals surface area contributed by atoms with Crippen molar-refractivity contribution >= 4 is 21.6 Å². The zero-order chi connectivity index (χ0) is 22.4. The van der Waals surface area contributed by atoms with E-state index < -0.39 is 10.0 Å². The van der Waals surface area contributed by atoms with E-state index in [9.17, 15) is 13.2 Å². The largest absolute Gasteiger partial charge is 0.334 e. The Kier molecular flexibility index (Phi) is 7.25. The van der Waals surface area contributed by atoms with E-state index in [2.05, 4.69) is 10.3 Å². The molecular formula is C23H28N4O3S. The number of hydrogen-bond acceptors (Lipinski definition) is 4. The number of imidazole rings is 1. The Balaban J connectivity index is 1.60. The number of aromatic nitrogens is 2. The van der Waals surface area contributed by atoms with Gasteiger partial charge in [-0.05, 0) is 36.2 Å². The van der Waals surface area contributed by atoms with Crippen LogP contribution in [-0.4, -0.2) is 41.3 Å². The van der Waals surface area contributed by atoms with Gasteiger partial charge in [0.05, 0.1) is 4.90 Å². The third-order valence-electron chi connectivity index (χ3n) is 5.13. The Morgan fingerprint density at radius 1 is 1.10 bits per heavy atom. The van der Waals surface area contributed by atoms with E-state index in [0.29, 0.717) is 31.6 Å². The molecule has 8 heteroatoms. The molecule has 7 nitrogen and oxygen atoms in total. The van der Waals surface area contributed by atoms with Crippen LogP contribution in [0.1, 0.15) is 25.8 Å². The van der Waals surface area contributed by atoms with Gasteiger partial charge in [-0.1, -0.05) is 38.1 Å². The predicted octanol–water partition coefficient (Wildman–Crippen LogP) is 3.69. The predicted molar refractivity (Wildman–Crippen MR) is 122 cm³/mol. The van der Waals surface area contributed by atoms with Crippen molar-refractivity contribution in [2.75, 3.05) is 18.4 Å². The van der Waals surface area contributed by atoms with Crippen molar-refractivity contribution in [1.82, 2.24) is 13.9 Å². The monoisotopic (exact) mass is 440 g/mol. The Morgan fingerprint density at radius 3 is 2.42 bits per heavy atom. The van der Waals surface area contributed by atoms with Gasteiger partial charge in [0.1, 0.15) is 5.82 Å². The van der Waals surface area contributed by atoms with Gasteiger partial charge in [0.15, 0.2) is 0 Å². The summed E-state index contributed by atoms with van der Waals surface area (Å²) in [5.41, 5.74) is 2.55. The maximum atomic E-state index is 12.6. The van der Waals surface area contributed by atoms with E-state index in [0.717, 1.165) is 17.0 Å². The molecule has 2 aromatic carbocycles. The number of nitrogens with one attached hydrogen (secondary N) is 1. The number of hydrogen-bond donors (Lipinski definition) is 1. The summed E-state index contributed by atoms with van der Waals surface area (Å²) in [4.78, 5) is 17.0. The van der Waals surface area contributed by atoms with Crippen LogP contribution < -0.4 is 5.32 Å². The van der Waals surface area contributed by atoms with Crippen molar-refractivity contribution in [3.63, 3.8) is 0 Å². The quantitative estimate of drug-likeness (QED) is 0.550. The van der Waals surface area contributed by atoms with Crippen molar-refractivity contribution in [2.45, 2.75) is 31.6 Å². The molecule has 0 saturated heterocycles. The first-order valence-corrected chi connectivity index (χ1v) is 11.8. The Hall–Kier alpha value is -2.97. The first-order chi connectivity index (χ1) is 14.8. The number of carbonyl (C=O) groups is 1. The molecule has 0 fully saturated rings. The SMILES string of the molecule is CCN(CC)S(=O)(=O)c1ccc(CCC(=O)Nc2cccc(-c3nccn3C)c2)cc1. The van der Waals surface area contributed by atoms with E-state index in [1.54, 1.807) is 30.5 Å². The third kappa shape index (κ3) is 5.39. The van der Waals surface area contributed by atoms with E-state index >= 15 is 0 Å². The number of aryl methyl sites for hydroxylation is 2. The second-order valence-corrected chi connectivity index (χ2v) is 9.16. The van der Waals surface area contributed by atoms with Crippen LogP contribution >= 0.6 is 0 Å². The van der Waals surface area contributed by atoms with E-state index in [-0.39, 0.29) is 10.8 Å². The number of carbonyl (C=O) groups excluding carboxylic acids is 1. The van der Waals surface area contributed by atoms with Gasteiger partial charge < -0.3 is 9.88 Å². The van der Waals surface area contributed by atoms with Crippen LogP contribution in [0, 0.1) is 0 Å². The average Bonchev–Trinajstić information content (AvgIpc) is 3.19. The molecule has 0 aliphatic rings. The smallest absolute Gasteiger partial charge is 0.243 e. The van der Waals surface area contributed by atoms with Gasteiger partial charge in [-0.3, -0.25) is 4.79 Å². The molecule has 31 heavy (non-hydrogen) atoms. The fraction of sp³-hybridized carbons (Fsp3) is 0.304. The zero-order valence-electron chi connectivity index (χ0n) is 18.1. The van der Waals surface area contributed by atoms with Crippen LogP contribution in [-0.2, 0) is 28.3 Å². The summed E-state index contributed by atoms with van der Waals surface area (Å²) >= 11 is 0. The van der Waals surface area contributed by atoms with Crippen molar-refractivity contribution in [3.05, 3.63) is 66.5 Å². The zero-order valence-corrected chi connectivity index (χ0v) is 18.9. The van der Waals surface area contributed by atoms with Crippen molar-refractivity contribution < 1.29 is 13.2 Å². The van der Waals surface area contributed by atoms with E-state index in [4.69, 9.17) is 0 Å². The van der Waals surface area contributed by atoms with Gasteiger partial charge in [0, 0.05) is 50.2 Å². The minimum absolute atomic E-state index is 0.100. The highest BCUT2D eigenvalue weighted by atomic mass is 32.2. The first kappa shape index (κ1) is 22.7. The lowest BCUT2D eigenvalue weighted by molar-refractivity contribution is -0.116. The second-order valence-electron chi connectivity index (χ2n) is 7.22. The molecule has 1 aromatic heterocycles. The lowest BCUT2D eigenvalue weighted by Gasteiger charge is -2.18. The molecule has 164 valence electrons. The Labute approximate surface area is 183 Å². The van der Waals surface area contributed by atoms with Crippen LogP contribution in [0.2, 0.25) is 0 Å². The maximum absolute atomic E-state index is 12.6. The normalized spacial score (nSPS) is 11.6. The summed E-state index contributed by atoms with van der Waals surface area (Å²) in [6.07, 6.45) is 4.43. The summed E-state index contributed by atoms with van der Waals surface area (Å²) < 4.78 is 28.5. The number of nitrogens with zero attached hydrogens (tertiary/aromatic N) is 3. The minimum atomic E-state index is -3.47. The molecule has 3 rings (SSSR count). The van der Waals surface area contributed by atoms with Gasteiger partial charge >= 0.3 is 0 Å². The lowest BCUT2D eigenvalue weighted by atomic mass is 10.1. The summed E-state index contributed by atoms with van der Waals surface area (Å²) in [5, 5.41) is 2.92. The molecule has 1 heterocycles. The number of benzene rings is 2. The van der Waals surface area contributed by atoms with Crippen molar-refractivity contribution in [3.8, 4) is 11.4 Å². The Bertz CT molecular complexity index is 1130. The fourth-order valence-electron chi connectivity index (χ4n) is 3.40. The molecule has 0 spiro atoms. The molecule has 0 atom stereocenters. The van der Waals surface area contributed by atoms with Crippen LogP contribution in [0.25, 0.3) is 11.4 Å². The molecule has 0 unspecified atom stereocenters. The maximum Gasteiger partial charge on any atom is 0.243 e. The topological polar surface area (TPSA) is 84.3 Å². The highest BCUT2D eigenvalue weighted by molar-refractivity contribution is 7.89. The summed E-state index contributed by atoms with van der Waals surface area (Å²) in [6.45, 7) is 4.50. The number of rotatable bonds is 9. The van der Waals surface area contributed by atoms with Gasteiger partial charge in [-0.2, -0.15) is 4.31 Å². The molecule has 1 amide bonds. The van der Waals surface area contributed by atoms with Gasteiger partial charge in [-0.15, -0.1) is 0 Å². The highest BCUT2D eigenvalue weighted by Gasteiger charge is 2.21. The van der Waals surface area contributed by atoms with Crippen LogP contribution in [0.4, 0.5) is 5.69 Å². The Morgan fingerprint density at radius 2 is 1.81 bits per heavy atom. The molecule has 0 saturated carbocycles. The third-order valence-corrected chi connectivity index (χ3v) is 7.20.